The van der Waals surface area contributed by atoms with Crippen LogP contribution in [0.5, 0.6) is 0 Å². The summed E-state index contributed by atoms with van der Waals surface area (Å²) in [6, 6.07) is -0.579. The summed E-state index contributed by atoms with van der Waals surface area (Å²) in [4.78, 5) is 4.29. The molecule has 1 fully saturated rings. The van der Waals surface area contributed by atoms with Crippen molar-refractivity contribution in [2.24, 2.45) is 5.73 Å². The Morgan fingerprint density at radius 3 is 2.69 bits per heavy atom. The molecule has 2 rings (SSSR count). The normalized spacial score (nSPS) is 21.9. The molecule has 3 N–H and O–H groups in total. The fourth-order valence-corrected chi connectivity index (χ4v) is 2.12. The number of nitrogens with zero attached hydrogens (tertiary/aromatic N) is 2. The zero-order valence-corrected chi connectivity index (χ0v) is 9.59. The Morgan fingerprint density at radius 2 is 2.06 bits per heavy atom. The van der Waals surface area contributed by atoms with E-state index in [1.54, 1.807) is 6.92 Å². The molecule has 5 nitrogen and oxygen atoms in total. The number of aromatic nitrogens is 2. The molecular formula is C11H19N3O2. The lowest BCUT2D eigenvalue weighted by atomic mass is 9.89. The highest BCUT2D eigenvalue weighted by atomic mass is 16.5. The Morgan fingerprint density at radius 1 is 1.38 bits per heavy atom. The van der Waals surface area contributed by atoms with E-state index in [9.17, 15) is 5.11 Å². The molecule has 2 atom stereocenters. The molecule has 5 heteroatoms. The van der Waals surface area contributed by atoms with Gasteiger partial charge in [-0.3, -0.25) is 0 Å². The molecule has 1 saturated carbocycles. The van der Waals surface area contributed by atoms with Gasteiger partial charge in [0.2, 0.25) is 5.89 Å². The van der Waals surface area contributed by atoms with E-state index < -0.39 is 12.1 Å². The zero-order chi connectivity index (χ0) is 11.5. The Balaban J connectivity index is 2.06. The molecule has 1 aromatic rings. The quantitative estimate of drug-likeness (QED) is 0.814. The molecule has 0 spiro atoms. The summed E-state index contributed by atoms with van der Waals surface area (Å²) in [7, 11) is 0. The summed E-state index contributed by atoms with van der Waals surface area (Å²) in [6.07, 6.45) is 5.36. The molecule has 1 aliphatic rings. The molecule has 0 bridgehead atoms. The van der Waals surface area contributed by atoms with Crippen molar-refractivity contribution in [1.82, 2.24) is 10.1 Å². The van der Waals surface area contributed by atoms with Gasteiger partial charge < -0.3 is 15.4 Å². The van der Waals surface area contributed by atoms with E-state index in [0.29, 0.717) is 11.8 Å². The number of aliphatic hydroxyl groups is 1. The topological polar surface area (TPSA) is 85.2 Å². The predicted molar refractivity (Wildman–Crippen MR) is 58.7 cm³/mol. The fourth-order valence-electron chi connectivity index (χ4n) is 2.12. The second-order valence-electron chi connectivity index (χ2n) is 4.59. The molecular weight excluding hydrogens is 206 g/mol. The molecule has 1 heterocycles. The van der Waals surface area contributed by atoms with Gasteiger partial charge in [0.25, 0.3) is 0 Å². The largest absolute Gasteiger partial charge is 0.391 e. The van der Waals surface area contributed by atoms with Crippen molar-refractivity contribution in [3.63, 3.8) is 0 Å². The van der Waals surface area contributed by atoms with Crippen molar-refractivity contribution in [3.8, 4) is 0 Å². The van der Waals surface area contributed by atoms with E-state index in [0.717, 1.165) is 18.7 Å². The van der Waals surface area contributed by atoms with Gasteiger partial charge in [-0.1, -0.05) is 24.4 Å². The van der Waals surface area contributed by atoms with Crippen molar-refractivity contribution < 1.29 is 9.63 Å². The van der Waals surface area contributed by atoms with Crippen molar-refractivity contribution in [2.75, 3.05) is 0 Å². The first-order valence-corrected chi connectivity index (χ1v) is 5.95. The molecule has 0 saturated heterocycles. The monoisotopic (exact) mass is 225 g/mol. The van der Waals surface area contributed by atoms with Crippen LogP contribution in [-0.2, 0) is 0 Å². The lowest BCUT2D eigenvalue weighted by Gasteiger charge is -2.17. The van der Waals surface area contributed by atoms with E-state index in [4.69, 9.17) is 10.3 Å². The molecule has 0 unspecified atom stereocenters. The first-order valence-electron chi connectivity index (χ1n) is 5.95. The molecule has 90 valence electrons. The highest BCUT2D eigenvalue weighted by Crippen LogP contribution is 2.31. The van der Waals surface area contributed by atoms with Crippen LogP contribution in [0.2, 0.25) is 0 Å². The standard InChI is InChI=1S/C11H19N3O2/c1-7(15)9(12)11-13-10(14-16-11)8-5-3-2-4-6-8/h7-9,15H,2-6,12H2,1H3/t7-,9+/m1/s1. The fraction of sp³-hybridized carbons (Fsp3) is 0.818. The van der Waals surface area contributed by atoms with Crippen LogP contribution in [0.15, 0.2) is 4.52 Å². The van der Waals surface area contributed by atoms with Gasteiger partial charge >= 0.3 is 0 Å². The number of nitrogens with two attached hydrogens (primary N) is 1. The van der Waals surface area contributed by atoms with Crippen LogP contribution in [0.3, 0.4) is 0 Å². The van der Waals surface area contributed by atoms with Crippen LogP contribution in [0.25, 0.3) is 0 Å². The minimum absolute atomic E-state index is 0.343. The third kappa shape index (κ3) is 2.41. The summed E-state index contributed by atoms with van der Waals surface area (Å²) >= 11 is 0. The van der Waals surface area contributed by atoms with Crippen molar-refractivity contribution >= 4 is 0 Å². The molecule has 0 aliphatic heterocycles. The van der Waals surface area contributed by atoms with Crippen LogP contribution in [0.4, 0.5) is 0 Å². The first-order chi connectivity index (χ1) is 7.68. The van der Waals surface area contributed by atoms with Gasteiger partial charge in [0.1, 0.15) is 6.04 Å². The Hall–Kier alpha value is -0.940. The van der Waals surface area contributed by atoms with E-state index in [-0.39, 0.29) is 0 Å². The average Bonchev–Trinajstić information content (AvgIpc) is 2.78. The predicted octanol–water partition coefficient (Wildman–Crippen LogP) is 1.50. The third-order valence-corrected chi connectivity index (χ3v) is 3.23. The van der Waals surface area contributed by atoms with Crippen LogP contribution in [-0.4, -0.2) is 21.4 Å². The summed E-state index contributed by atoms with van der Waals surface area (Å²) in [5.74, 6) is 1.51. The summed E-state index contributed by atoms with van der Waals surface area (Å²) in [6.45, 7) is 1.62. The number of hydrogen-bond acceptors (Lipinski definition) is 5. The first kappa shape index (κ1) is 11.5. The Labute approximate surface area is 95.0 Å². The van der Waals surface area contributed by atoms with E-state index in [1.165, 1.54) is 19.3 Å². The maximum atomic E-state index is 9.34. The van der Waals surface area contributed by atoms with Crippen molar-refractivity contribution in [1.29, 1.82) is 0 Å². The second-order valence-corrected chi connectivity index (χ2v) is 4.59. The average molecular weight is 225 g/mol. The van der Waals surface area contributed by atoms with Crippen LogP contribution >= 0.6 is 0 Å². The summed E-state index contributed by atoms with van der Waals surface area (Å²) < 4.78 is 5.09. The van der Waals surface area contributed by atoms with Gasteiger partial charge in [-0.25, -0.2) is 0 Å². The van der Waals surface area contributed by atoms with E-state index in [2.05, 4.69) is 10.1 Å². The SMILES string of the molecule is C[C@@H](O)[C@H](N)c1nc(C2CCCCC2)no1. The summed E-state index contributed by atoms with van der Waals surface area (Å²) in [5.41, 5.74) is 5.73. The second kappa shape index (κ2) is 4.93. The molecule has 0 amide bonds. The van der Waals surface area contributed by atoms with E-state index in [1.807, 2.05) is 0 Å². The zero-order valence-electron chi connectivity index (χ0n) is 9.59. The van der Waals surface area contributed by atoms with Crippen LogP contribution in [0.1, 0.15) is 62.7 Å². The minimum Gasteiger partial charge on any atom is -0.391 e. The van der Waals surface area contributed by atoms with Crippen molar-refractivity contribution in [2.45, 2.75) is 57.1 Å². The highest BCUT2D eigenvalue weighted by molar-refractivity contribution is 5.00. The minimum atomic E-state index is -0.667. The smallest absolute Gasteiger partial charge is 0.246 e. The van der Waals surface area contributed by atoms with Gasteiger partial charge in [-0.15, -0.1) is 0 Å². The highest BCUT2D eigenvalue weighted by Gasteiger charge is 2.24. The third-order valence-electron chi connectivity index (χ3n) is 3.23. The van der Waals surface area contributed by atoms with Gasteiger partial charge in [-0.05, 0) is 19.8 Å². The lowest BCUT2D eigenvalue weighted by molar-refractivity contribution is 0.146. The van der Waals surface area contributed by atoms with Crippen molar-refractivity contribution in [3.05, 3.63) is 11.7 Å². The number of aliphatic hydroxyl groups excluding tert-OH is 1. The van der Waals surface area contributed by atoms with Gasteiger partial charge in [-0.2, -0.15) is 4.98 Å². The molecule has 1 aliphatic carbocycles. The summed E-state index contributed by atoms with van der Waals surface area (Å²) in [5, 5.41) is 13.3. The van der Waals surface area contributed by atoms with Gasteiger partial charge in [0, 0.05) is 5.92 Å². The number of rotatable bonds is 3. The molecule has 1 aromatic heterocycles. The Bertz CT molecular complexity index is 332. The molecule has 0 aromatic carbocycles. The lowest BCUT2D eigenvalue weighted by Crippen LogP contribution is -2.23. The Kier molecular flexibility index (Phi) is 3.56. The molecule has 16 heavy (non-hydrogen) atoms. The van der Waals surface area contributed by atoms with Gasteiger partial charge in [0.05, 0.1) is 6.10 Å². The maximum Gasteiger partial charge on any atom is 0.246 e. The number of hydrogen-bond donors (Lipinski definition) is 2. The van der Waals surface area contributed by atoms with Crippen LogP contribution < -0.4 is 5.73 Å². The molecule has 0 radical (unpaired) electrons. The van der Waals surface area contributed by atoms with E-state index >= 15 is 0 Å². The van der Waals surface area contributed by atoms with Crippen LogP contribution in [0, 0.1) is 0 Å². The van der Waals surface area contributed by atoms with Gasteiger partial charge in [0.15, 0.2) is 5.82 Å². The maximum absolute atomic E-state index is 9.34.